The number of nitriles is 1. The first-order valence-corrected chi connectivity index (χ1v) is 5.60. The van der Waals surface area contributed by atoms with Crippen molar-refractivity contribution in [1.29, 1.82) is 5.26 Å². The van der Waals surface area contributed by atoms with Crippen molar-refractivity contribution >= 4 is 0 Å². The van der Waals surface area contributed by atoms with E-state index in [1.54, 1.807) is 6.20 Å². The Labute approximate surface area is 95.7 Å². The SMILES string of the molecule is Cc1nccc(CNCC2(CC#N)CC2)n1. The van der Waals surface area contributed by atoms with E-state index in [4.69, 9.17) is 5.26 Å². The second-order valence-electron chi connectivity index (χ2n) is 4.53. The third-order valence-corrected chi connectivity index (χ3v) is 3.05. The van der Waals surface area contributed by atoms with E-state index in [-0.39, 0.29) is 5.41 Å². The molecule has 16 heavy (non-hydrogen) atoms. The Bertz CT molecular complexity index is 404. The lowest BCUT2D eigenvalue weighted by Crippen LogP contribution is -2.23. The second-order valence-corrected chi connectivity index (χ2v) is 4.53. The van der Waals surface area contributed by atoms with E-state index in [2.05, 4.69) is 21.4 Å². The number of hydrogen-bond donors (Lipinski definition) is 1. The summed E-state index contributed by atoms with van der Waals surface area (Å²) in [5, 5.41) is 12.1. The van der Waals surface area contributed by atoms with Gasteiger partial charge < -0.3 is 5.32 Å². The zero-order valence-electron chi connectivity index (χ0n) is 9.53. The van der Waals surface area contributed by atoms with Gasteiger partial charge in [0.25, 0.3) is 0 Å². The Morgan fingerprint density at radius 2 is 2.38 bits per heavy atom. The Morgan fingerprint density at radius 3 is 3.00 bits per heavy atom. The molecule has 4 heteroatoms. The molecule has 0 amide bonds. The smallest absolute Gasteiger partial charge is 0.125 e. The van der Waals surface area contributed by atoms with E-state index in [0.29, 0.717) is 6.42 Å². The van der Waals surface area contributed by atoms with Crippen LogP contribution in [0.2, 0.25) is 0 Å². The van der Waals surface area contributed by atoms with E-state index in [1.807, 2.05) is 13.0 Å². The van der Waals surface area contributed by atoms with Gasteiger partial charge in [0.15, 0.2) is 0 Å². The highest BCUT2D eigenvalue weighted by molar-refractivity contribution is 5.03. The van der Waals surface area contributed by atoms with Gasteiger partial charge in [-0.15, -0.1) is 0 Å². The van der Waals surface area contributed by atoms with Gasteiger partial charge in [-0.25, -0.2) is 9.97 Å². The molecule has 84 valence electrons. The molecule has 1 saturated carbocycles. The molecular weight excluding hydrogens is 200 g/mol. The summed E-state index contributed by atoms with van der Waals surface area (Å²) >= 11 is 0. The number of rotatable bonds is 5. The minimum Gasteiger partial charge on any atom is -0.311 e. The molecule has 0 bridgehead atoms. The van der Waals surface area contributed by atoms with Crippen LogP contribution in [0.5, 0.6) is 0 Å². The fourth-order valence-electron chi connectivity index (χ4n) is 1.82. The molecular formula is C12H16N4. The van der Waals surface area contributed by atoms with E-state index in [9.17, 15) is 0 Å². The predicted molar refractivity (Wildman–Crippen MR) is 60.4 cm³/mol. The summed E-state index contributed by atoms with van der Waals surface area (Å²) in [5.74, 6) is 0.803. The molecule has 0 aromatic carbocycles. The zero-order valence-corrected chi connectivity index (χ0v) is 9.53. The van der Waals surface area contributed by atoms with Crippen molar-refractivity contribution in [1.82, 2.24) is 15.3 Å². The minimum absolute atomic E-state index is 0.261. The fraction of sp³-hybridized carbons (Fsp3) is 0.583. The van der Waals surface area contributed by atoms with Crippen LogP contribution >= 0.6 is 0 Å². The molecule has 0 radical (unpaired) electrons. The lowest BCUT2D eigenvalue weighted by Gasteiger charge is -2.11. The van der Waals surface area contributed by atoms with Crippen LogP contribution in [0, 0.1) is 23.7 Å². The second kappa shape index (κ2) is 4.58. The van der Waals surface area contributed by atoms with Crippen molar-refractivity contribution in [2.75, 3.05) is 6.54 Å². The van der Waals surface area contributed by atoms with Gasteiger partial charge in [-0.1, -0.05) is 0 Å². The number of aryl methyl sites for hydroxylation is 1. The predicted octanol–water partition coefficient (Wildman–Crippen LogP) is 1.57. The van der Waals surface area contributed by atoms with Crippen molar-refractivity contribution < 1.29 is 0 Å². The van der Waals surface area contributed by atoms with Crippen LogP contribution in [0.4, 0.5) is 0 Å². The highest BCUT2D eigenvalue weighted by Crippen LogP contribution is 2.47. The molecule has 0 saturated heterocycles. The normalized spacial score (nSPS) is 16.8. The van der Waals surface area contributed by atoms with Crippen LogP contribution in [-0.2, 0) is 6.54 Å². The van der Waals surface area contributed by atoms with Gasteiger partial charge in [-0.2, -0.15) is 5.26 Å². The largest absolute Gasteiger partial charge is 0.311 e. The summed E-state index contributed by atoms with van der Waals surface area (Å²) in [6.45, 7) is 3.57. The summed E-state index contributed by atoms with van der Waals surface area (Å²) in [5.41, 5.74) is 1.27. The number of aromatic nitrogens is 2. The number of hydrogen-bond acceptors (Lipinski definition) is 4. The molecule has 0 spiro atoms. The summed E-state index contributed by atoms with van der Waals surface area (Å²) in [4.78, 5) is 8.38. The number of nitrogens with zero attached hydrogens (tertiary/aromatic N) is 3. The summed E-state index contributed by atoms with van der Waals surface area (Å²) in [6.07, 6.45) is 4.80. The monoisotopic (exact) mass is 216 g/mol. The van der Waals surface area contributed by atoms with E-state index < -0.39 is 0 Å². The van der Waals surface area contributed by atoms with Gasteiger partial charge in [-0.3, -0.25) is 0 Å². The molecule has 0 aliphatic heterocycles. The third-order valence-electron chi connectivity index (χ3n) is 3.05. The Morgan fingerprint density at radius 1 is 1.56 bits per heavy atom. The molecule has 1 N–H and O–H groups in total. The minimum atomic E-state index is 0.261. The average Bonchev–Trinajstić information content (AvgIpc) is 2.99. The van der Waals surface area contributed by atoms with Gasteiger partial charge >= 0.3 is 0 Å². The zero-order chi connectivity index (χ0) is 11.4. The Balaban J connectivity index is 1.78. The maximum Gasteiger partial charge on any atom is 0.125 e. The van der Waals surface area contributed by atoms with Crippen molar-refractivity contribution in [3.63, 3.8) is 0 Å². The fourth-order valence-corrected chi connectivity index (χ4v) is 1.82. The van der Waals surface area contributed by atoms with Crippen molar-refractivity contribution in [3.8, 4) is 6.07 Å². The van der Waals surface area contributed by atoms with Crippen LogP contribution in [-0.4, -0.2) is 16.5 Å². The van der Waals surface area contributed by atoms with E-state index in [1.165, 1.54) is 12.8 Å². The summed E-state index contributed by atoms with van der Waals surface area (Å²) < 4.78 is 0. The van der Waals surface area contributed by atoms with Crippen LogP contribution in [0.25, 0.3) is 0 Å². The topological polar surface area (TPSA) is 61.6 Å². The average molecular weight is 216 g/mol. The van der Waals surface area contributed by atoms with E-state index in [0.717, 1.165) is 24.6 Å². The van der Waals surface area contributed by atoms with E-state index >= 15 is 0 Å². The lowest BCUT2D eigenvalue weighted by atomic mass is 10.0. The Hall–Kier alpha value is -1.47. The standard InChI is InChI=1S/C12H16N4/c1-10-15-7-2-11(16-10)8-14-9-12(3-4-12)5-6-13/h2,7,14H,3-5,8-9H2,1H3. The summed E-state index contributed by atoms with van der Waals surface area (Å²) in [7, 11) is 0. The quantitative estimate of drug-likeness (QED) is 0.811. The lowest BCUT2D eigenvalue weighted by molar-refractivity contribution is 0.464. The number of nitrogens with one attached hydrogen (secondary N) is 1. The van der Waals surface area contributed by atoms with Crippen molar-refractivity contribution in [3.05, 3.63) is 23.8 Å². The van der Waals surface area contributed by atoms with Crippen molar-refractivity contribution in [2.24, 2.45) is 5.41 Å². The molecule has 1 aliphatic rings. The first-order valence-electron chi connectivity index (χ1n) is 5.60. The summed E-state index contributed by atoms with van der Waals surface area (Å²) in [6, 6.07) is 4.18. The van der Waals surface area contributed by atoms with Crippen molar-refractivity contribution in [2.45, 2.75) is 32.7 Å². The molecule has 4 nitrogen and oxygen atoms in total. The van der Waals surface area contributed by atoms with Gasteiger partial charge in [0.05, 0.1) is 11.8 Å². The van der Waals surface area contributed by atoms with Crippen LogP contribution in [0.1, 0.15) is 30.8 Å². The van der Waals surface area contributed by atoms with Crippen LogP contribution in [0.3, 0.4) is 0 Å². The molecule has 0 unspecified atom stereocenters. The molecule has 1 aliphatic carbocycles. The van der Waals surface area contributed by atoms with Gasteiger partial charge in [-0.05, 0) is 31.2 Å². The molecule has 1 fully saturated rings. The molecule has 1 aromatic rings. The highest BCUT2D eigenvalue weighted by Gasteiger charge is 2.41. The van der Waals surface area contributed by atoms with Gasteiger partial charge in [0.1, 0.15) is 5.82 Å². The highest BCUT2D eigenvalue weighted by atomic mass is 14.9. The molecule has 1 heterocycles. The Kier molecular flexibility index (Phi) is 3.16. The van der Waals surface area contributed by atoms with Crippen LogP contribution in [0.15, 0.2) is 12.3 Å². The molecule has 2 rings (SSSR count). The first-order chi connectivity index (χ1) is 7.74. The van der Waals surface area contributed by atoms with Gasteiger partial charge in [0, 0.05) is 25.7 Å². The molecule has 0 atom stereocenters. The maximum atomic E-state index is 8.70. The first kappa shape index (κ1) is 11.0. The maximum absolute atomic E-state index is 8.70. The molecule has 1 aromatic heterocycles. The third kappa shape index (κ3) is 2.77. The van der Waals surface area contributed by atoms with Crippen LogP contribution < -0.4 is 5.32 Å². The van der Waals surface area contributed by atoms with Gasteiger partial charge in [0.2, 0.25) is 0 Å².